The molecule has 0 radical (unpaired) electrons. The van der Waals surface area contributed by atoms with Crippen molar-refractivity contribution in [1.29, 1.82) is 0 Å². The van der Waals surface area contributed by atoms with Gasteiger partial charge in [0.2, 0.25) is 0 Å². The number of nitrogens with one attached hydrogen (secondary N) is 1. The van der Waals surface area contributed by atoms with Crippen LogP contribution in [0.15, 0.2) is 18.2 Å². The number of aliphatic hydroxyl groups is 1. The Morgan fingerprint density at radius 3 is 2.50 bits per heavy atom. The molecule has 1 aromatic rings. The first-order valence-corrected chi connectivity index (χ1v) is 6.21. The fraction of sp³-hybridized carbons (Fsp3) is 0.571. The minimum Gasteiger partial charge on any atom is -0.497 e. The van der Waals surface area contributed by atoms with Crippen LogP contribution in [0.25, 0.3) is 0 Å². The summed E-state index contributed by atoms with van der Waals surface area (Å²) in [5.74, 6) is 1.59. The Bertz CT molecular complexity index is 368. The molecular formula is C14H23NO3. The van der Waals surface area contributed by atoms with Gasteiger partial charge >= 0.3 is 0 Å². The first kappa shape index (κ1) is 14.8. The fourth-order valence-electron chi connectivity index (χ4n) is 1.97. The predicted molar refractivity (Wildman–Crippen MR) is 72.3 cm³/mol. The molecule has 2 atom stereocenters. The van der Waals surface area contributed by atoms with Gasteiger partial charge in [0.1, 0.15) is 11.5 Å². The standard InChI is InChI=1S/C14H23NO3/c1-10(7-8-16)15-11(2)13-6-5-12(17-3)9-14(13)18-4/h5-6,9-11,15-16H,7-8H2,1-4H3. The van der Waals surface area contributed by atoms with Gasteiger partial charge in [-0.25, -0.2) is 0 Å². The normalized spacial score (nSPS) is 14.1. The van der Waals surface area contributed by atoms with E-state index < -0.39 is 0 Å². The molecule has 0 amide bonds. The molecule has 0 aliphatic carbocycles. The van der Waals surface area contributed by atoms with E-state index in [1.165, 1.54) is 0 Å². The molecule has 0 saturated carbocycles. The molecule has 4 nitrogen and oxygen atoms in total. The van der Waals surface area contributed by atoms with Crippen molar-refractivity contribution in [3.05, 3.63) is 23.8 Å². The molecule has 0 aromatic heterocycles. The molecule has 0 spiro atoms. The Morgan fingerprint density at radius 2 is 1.94 bits per heavy atom. The maximum atomic E-state index is 8.91. The van der Waals surface area contributed by atoms with Crippen LogP contribution in [0.1, 0.15) is 31.9 Å². The lowest BCUT2D eigenvalue weighted by molar-refractivity contribution is 0.264. The fourth-order valence-corrected chi connectivity index (χ4v) is 1.97. The van der Waals surface area contributed by atoms with Crippen LogP contribution in [0.4, 0.5) is 0 Å². The van der Waals surface area contributed by atoms with Crippen LogP contribution in [-0.2, 0) is 0 Å². The van der Waals surface area contributed by atoms with Gasteiger partial charge in [0, 0.05) is 30.3 Å². The number of hydrogen-bond acceptors (Lipinski definition) is 4. The Hall–Kier alpha value is -1.26. The summed E-state index contributed by atoms with van der Waals surface area (Å²) in [6.07, 6.45) is 0.739. The third kappa shape index (κ3) is 3.89. The molecule has 102 valence electrons. The minimum absolute atomic E-state index is 0.160. The lowest BCUT2D eigenvalue weighted by Crippen LogP contribution is -2.29. The summed E-state index contributed by atoms with van der Waals surface area (Å²) >= 11 is 0. The second kappa shape index (κ2) is 7.24. The van der Waals surface area contributed by atoms with Gasteiger partial charge in [0.15, 0.2) is 0 Å². The highest BCUT2D eigenvalue weighted by atomic mass is 16.5. The van der Waals surface area contributed by atoms with Crippen LogP contribution < -0.4 is 14.8 Å². The molecule has 2 unspecified atom stereocenters. The molecular weight excluding hydrogens is 230 g/mol. The van der Waals surface area contributed by atoms with Crippen molar-refractivity contribution in [3.63, 3.8) is 0 Å². The minimum atomic E-state index is 0.160. The smallest absolute Gasteiger partial charge is 0.127 e. The number of rotatable bonds is 7. The van der Waals surface area contributed by atoms with Crippen LogP contribution in [-0.4, -0.2) is 32.0 Å². The van der Waals surface area contributed by atoms with E-state index in [0.29, 0.717) is 0 Å². The topological polar surface area (TPSA) is 50.7 Å². The maximum Gasteiger partial charge on any atom is 0.127 e. The summed E-state index contributed by atoms with van der Waals surface area (Å²) < 4.78 is 10.6. The van der Waals surface area contributed by atoms with Gasteiger partial charge < -0.3 is 19.9 Å². The summed E-state index contributed by atoms with van der Waals surface area (Å²) in [4.78, 5) is 0. The van der Waals surface area contributed by atoms with Crippen molar-refractivity contribution in [2.75, 3.05) is 20.8 Å². The summed E-state index contributed by atoms with van der Waals surface area (Å²) in [6.45, 7) is 4.33. The van der Waals surface area contributed by atoms with Gasteiger partial charge in [0.05, 0.1) is 14.2 Å². The first-order valence-electron chi connectivity index (χ1n) is 6.21. The second-order valence-corrected chi connectivity index (χ2v) is 4.41. The van der Waals surface area contributed by atoms with Gasteiger partial charge in [-0.2, -0.15) is 0 Å². The SMILES string of the molecule is COc1ccc(C(C)NC(C)CCO)c(OC)c1. The van der Waals surface area contributed by atoms with E-state index in [2.05, 4.69) is 19.2 Å². The zero-order valence-electron chi connectivity index (χ0n) is 11.6. The summed E-state index contributed by atoms with van der Waals surface area (Å²) in [5.41, 5.74) is 1.09. The van der Waals surface area contributed by atoms with Crippen molar-refractivity contribution in [3.8, 4) is 11.5 Å². The summed E-state index contributed by atoms with van der Waals surface area (Å²) in [6, 6.07) is 6.22. The average Bonchev–Trinajstić information content (AvgIpc) is 2.38. The van der Waals surface area contributed by atoms with Crippen molar-refractivity contribution in [1.82, 2.24) is 5.32 Å². The van der Waals surface area contributed by atoms with Crippen LogP contribution in [0, 0.1) is 0 Å². The predicted octanol–water partition coefficient (Wildman–Crippen LogP) is 2.13. The monoisotopic (exact) mass is 253 g/mol. The maximum absolute atomic E-state index is 8.91. The van der Waals surface area contributed by atoms with Crippen molar-refractivity contribution in [2.45, 2.75) is 32.4 Å². The molecule has 1 rings (SSSR count). The van der Waals surface area contributed by atoms with Crippen LogP contribution in [0.5, 0.6) is 11.5 Å². The van der Waals surface area contributed by atoms with E-state index in [4.69, 9.17) is 14.6 Å². The molecule has 0 saturated heterocycles. The van der Waals surface area contributed by atoms with E-state index in [0.717, 1.165) is 23.5 Å². The van der Waals surface area contributed by atoms with Gasteiger partial charge in [-0.05, 0) is 26.3 Å². The second-order valence-electron chi connectivity index (χ2n) is 4.41. The van der Waals surface area contributed by atoms with Crippen LogP contribution in [0.3, 0.4) is 0 Å². The largest absolute Gasteiger partial charge is 0.497 e. The Balaban J connectivity index is 2.81. The lowest BCUT2D eigenvalue weighted by Gasteiger charge is -2.21. The third-order valence-electron chi connectivity index (χ3n) is 3.00. The molecule has 1 aromatic carbocycles. The zero-order chi connectivity index (χ0) is 13.5. The average molecular weight is 253 g/mol. The van der Waals surface area contributed by atoms with Crippen LogP contribution >= 0.6 is 0 Å². The van der Waals surface area contributed by atoms with E-state index in [1.807, 2.05) is 18.2 Å². The molecule has 0 aliphatic heterocycles. The van der Waals surface area contributed by atoms with Crippen molar-refractivity contribution in [2.24, 2.45) is 0 Å². The number of ether oxygens (including phenoxy) is 2. The molecule has 0 fully saturated rings. The molecule has 4 heteroatoms. The summed E-state index contributed by atoms with van der Waals surface area (Å²) in [5, 5.41) is 12.3. The number of benzene rings is 1. The van der Waals surface area contributed by atoms with E-state index in [1.54, 1.807) is 14.2 Å². The van der Waals surface area contributed by atoms with Gasteiger partial charge in [-0.1, -0.05) is 6.07 Å². The number of methoxy groups -OCH3 is 2. The molecule has 18 heavy (non-hydrogen) atoms. The quantitative estimate of drug-likeness (QED) is 0.781. The van der Waals surface area contributed by atoms with Crippen molar-refractivity contribution < 1.29 is 14.6 Å². The van der Waals surface area contributed by atoms with E-state index in [9.17, 15) is 0 Å². The zero-order valence-corrected chi connectivity index (χ0v) is 11.6. The number of hydrogen-bond donors (Lipinski definition) is 2. The highest BCUT2D eigenvalue weighted by Gasteiger charge is 2.14. The first-order chi connectivity index (χ1) is 8.62. The summed E-state index contributed by atoms with van der Waals surface area (Å²) in [7, 11) is 3.29. The molecule has 2 N–H and O–H groups in total. The Kier molecular flexibility index (Phi) is 5.95. The van der Waals surface area contributed by atoms with Gasteiger partial charge in [0.25, 0.3) is 0 Å². The molecule has 0 bridgehead atoms. The highest BCUT2D eigenvalue weighted by Crippen LogP contribution is 2.29. The third-order valence-corrected chi connectivity index (χ3v) is 3.00. The van der Waals surface area contributed by atoms with E-state index >= 15 is 0 Å². The van der Waals surface area contributed by atoms with E-state index in [-0.39, 0.29) is 18.7 Å². The van der Waals surface area contributed by atoms with Crippen molar-refractivity contribution >= 4 is 0 Å². The lowest BCUT2D eigenvalue weighted by atomic mass is 10.1. The van der Waals surface area contributed by atoms with Crippen LogP contribution in [0.2, 0.25) is 0 Å². The molecule has 0 heterocycles. The highest BCUT2D eigenvalue weighted by molar-refractivity contribution is 5.42. The van der Waals surface area contributed by atoms with Gasteiger partial charge in [-0.15, -0.1) is 0 Å². The Morgan fingerprint density at radius 1 is 1.22 bits per heavy atom. The number of aliphatic hydroxyl groups excluding tert-OH is 1. The molecule has 0 aliphatic rings. The Labute approximate surface area is 109 Å². The van der Waals surface area contributed by atoms with Gasteiger partial charge in [-0.3, -0.25) is 0 Å².